The Hall–Kier alpha value is -5.83. The monoisotopic (exact) mass is 588 g/mol. The zero-order valence-corrected chi connectivity index (χ0v) is 22.8. The molecule has 0 spiro atoms. The van der Waals surface area contributed by atoms with Crippen LogP contribution in [0, 0.1) is 0 Å². The van der Waals surface area contributed by atoms with Crippen LogP contribution < -0.4 is 9.47 Å². The van der Waals surface area contributed by atoms with E-state index in [0.717, 1.165) is 6.07 Å². The number of hydrogen-bond acceptors (Lipinski definition) is 9. The van der Waals surface area contributed by atoms with E-state index < -0.39 is 35.6 Å². The Bertz CT molecular complexity index is 2010. The molecule has 3 aliphatic rings. The summed E-state index contributed by atoms with van der Waals surface area (Å²) >= 11 is 0. The van der Waals surface area contributed by atoms with E-state index in [0.29, 0.717) is 33.6 Å². The normalized spacial score (nSPS) is 20.8. The Balaban J connectivity index is 1.50. The first-order valence-electron chi connectivity index (χ1n) is 13.9. The van der Waals surface area contributed by atoms with Crippen molar-refractivity contribution >= 4 is 5.78 Å². The van der Waals surface area contributed by atoms with Gasteiger partial charge in [-0.05, 0) is 64.7 Å². The van der Waals surface area contributed by atoms with Crippen molar-refractivity contribution in [3.8, 4) is 46.0 Å². The largest absolute Gasteiger partial charge is 0.508 e. The zero-order valence-electron chi connectivity index (χ0n) is 22.8. The molecule has 0 bridgehead atoms. The van der Waals surface area contributed by atoms with Crippen molar-refractivity contribution in [3.05, 3.63) is 129 Å². The van der Waals surface area contributed by atoms with E-state index in [4.69, 9.17) is 9.47 Å². The molecule has 5 aromatic rings. The third-order valence-electron chi connectivity index (χ3n) is 8.74. The van der Waals surface area contributed by atoms with E-state index in [1.807, 2.05) is 0 Å². The fourth-order valence-corrected chi connectivity index (χ4v) is 7.00. The molecule has 8 rings (SSSR count). The molecule has 0 fully saturated rings. The minimum atomic E-state index is -0.789. The molecule has 5 aromatic carbocycles. The number of phenols is 6. The number of ether oxygens (including phenoxy) is 2. The van der Waals surface area contributed by atoms with Crippen LogP contribution in [-0.2, 0) is 0 Å². The van der Waals surface area contributed by atoms with Gasteiger partial charge in [0.15, 0.2) is 5.78 Å². The molecule has 0 unspecified atom stereocenters. The summed E-state index contributed by atoms with van der Waals surface area (Å²) in [7, 11) is 0. The van der Waals surface area contributed by atoms with Gasteiger partial charge in [-0.25, -0.2) is 0 Å². The van der Waals surface area contributed by atoms with Gasteiger partial charge in [-0.15, -0.1) is 0 Å². The van der Waals surface area contributed by atoms with Crippen LogP contribution in [0.2, 0.25) is 0 Å². The highest BCUT2D eigenvalue weighted by Gasteiger charge is 2.49. The predicted octanol–water partition coefficient (Wildman–Crippen LogP) is 6.00. The van der Waals surface area contributed by atoms with Crippen LogP contribution in [0.1, 0.15) is 73.3 Å². The number of rotatable bonds is 2. The molecule has 6 N–H and O–H groups in total. The Morgan fingerprint density at radius 3 is 1.57 bits per heavy atom. The molecule has 44 heavy (non-hydrogen) atoms. The molecular weight excluding hydrogens is 564 g/mol. The smallest absolute Gasteiger partial charge is 0.197 e. The molecule has 2 aliphatic heterocycles. The fourth-order valence-electron chi connectivity index (χ4n) is 7.00. The summed E-state index contributed by atoms with van der Waals surface area (Å²) < 4.78 is 13.0. The van der Waals surface area contributed by atoms with Gasteiger partial charge in [0.25, 0.3) is 0 Å². The van der Waals surface area contributed by atoms with Crippen LogP contribution in [-0.4, -0.2) is 36.4 Å². The maximum absolute atomic E-state index is 14.6. The molecule has 2 heterocycles. The highest BCUT2D eigenvalue weighted by atomic mass is 16.5. The van der Waals surface area contributed by atoms with Crippen LogP contribution in [0.4, 0.5) is 0 Å². The number of ketones is 1. The Morgan fingerprint density at radius 1 is 0.500 bits per heavy atom. The lowest BCUT2D eigenvalue weighted by atomic mass is 9.76. The number of aromatic hydroxyl groups is 6. The molecule has 0 saturated carbocycles. The molecule has 0 amide bonds. The third kappa shape index (κ3) is 3.69. The van der Waals surface area contributed by atoms with Crippen molar-refractivity contribution in [1.82, 2.24) is 0 Å². The minimum Gasteiger partial charge on any atom is -0.508 e. The highest BCUT2D eigenvalue weighted by Crippen LogP contribution is 2.61. The van der Waals surface area contributed by atoms with E-state index >= 15 is 0 Å². The van der Waals surface area contributed by atoms with Crippen molar-refractivity contribution in [2.75, 3.05) is 0 Å². The van der Waals surface area contributed by atoms with Crippen LogP contribution >= 0.6 is 0 Å². The van der Waals surface area contributed by atoms with Crippen molar-refractivity contribution in [2.45, 2.75) is 24.0 Å². The van der Waals surface area contributed by atoms with Gasteiger partial charge in [0.2, 0.25) is 0 Å². The highest BCUT2D eigenvalue weighted by molar-refractivity contribution is 6.14. The fraction of sp³-hybridized carbons (Fsp3) is 0.114. The SMILES string of the molecule is O=C1c2cc(O)cc3c2[C@@H](c2cc(O)cc4c2[C@H](c2cc(O)cc(O)c21)[C@@H](c1ccc(O)cc1)O4)[C@H](c1ccc(O)cc1)O3. The molecule has 9 nitrogen and oxygen atoms in total. The van der Waals surface area contributed by atoms with Gasteiger partial charge in [0.05, 0.1) is 17.4 Å². The lowest BCUT2D eigenvalue weighted by molar-refractivity contribution is 0.103. The van der Waals surface area contributed by atoms with E-state index in [2.05, 4.69) is 0 Å². The predicted molar refractivity (Wildman–Crippen MR) is 156 cm³/mol. The average molecular weight is 589 g/mol. The van der Waals surface area contributed by atoms with E-state index in [1.165, 1.54) is 48.5 Å². The van der Waals surface area contributed by atoms with Gasteiger partial charge < -0.3 is 40.1 Å². The summed E-state index contributed by atoms with van der Waals surface area (Å²) in [5, 5.41) is 63.7. The Kier molecular flexibility index (Phi) is 5.34. The van der Waals surface area contributed by atoms with E-state index in [-0.39, 0.29) is 51.2 Å². The van der Waals surface area contributed by atoms with Crippen LogP contribution in [0.15, 0.2) is 84.9 Å². The van der Waals surface area contributed by atoms with Crippen LogP contribution in [0.25, 0.3) is 0 Å². The molecular formula is C35H24O9. The first-order valence-corrected chi connectivity index (χ1v) is 13.9. The molecule has 1 aliphatic carbocycles. The van der Waals surface area contributed by atoms with Gasteiger partial charge >= 0.3 is 0 Å². The zero-order chi connectivity index (χ0) is 30.4. The molecule has 4 atom stereocenters. The second-order valence-electron chi connectivity index (χ2n) is 11.3. The summed E-state index contributed by atoms with van der Waals surface area (Å²) in [4.78, 5) is 14.6. The molecule has 9 heteroatoms. The molecule has 218 valence electrons. The quantitative estimate of drug-likeness (QED) is 0.146. The summed E-state index contributed by atoms with van der Waals surface area (Å²) in [6, 6.07) is 21.2. The number of hydrogen-bond donors (Lipinski definition) is 6. The first kappa shape index (κ1) is 25.8. The number of fused-ring (bicyclic) bond motifs is 3. The van der Waals surface area contributed by atoms with Crippen LogP contribution in [0.3, 0.4) is 0 Å². The topological polar surface area (TPSA) is 157 Å². The number of carbonyl (C=O) groups is 1. The summed E-state index contributed by atoms with van der Waals surface area (Å²) in [6.07, 6.45) is -1.54. The van der Waals surface area contributed by atoms with Crippen LogP contribution in [0.5, 0.6) is 46.0 Å². The van der Waals surface area contributed by atoms with Gasteiger partial charge in [-0.1, -0.05) is 24.3 Å². The lowest BCUT2D eigenvalue weighted by Gasteiger charge is -2.25. The van der Waals surface area contributed by atoms with Gasteiger partial charge in [0.1, 0.15) is 58.2 Å². The summed E-state index contributed by atoms with van der Waals surface area (Å²) in [6.45, 7) is 0. The lowest BCUT2D eigenvalue weighted by Crippen LogP contribution is -2.16. The number of phenolic OH excluding ortho intramolecular Hbond substituents is 6. The molecule has 0 saturated heterocycles. The second-order valence-corrected chi connectivity index (χ2v) is 11.3. The van der Waals surface area contributed by atoms with Crippen molar-refractivity contribution in [1.29, 1.82) is 0 Å². The number of benzene rings is 5. The third-order valence-corrected chi connectivity index (χ3v) is 8.74. The first-order chi connectivity index (χ1) is 21.2. The van der Waals surface area contributed by atoms with E-state index in [1.54, 1.807) is 30.3 Å². The standard InChI is InChI=1S/C35H24O9/c36-17-5-1-15(2-6-17)34-31-22-9-19(38)12-25(41)28(22)33(42)24-11-21(40)14-27-30(24)32(23-10-20(39)13-26(43-34)29(23)31)35(44-27)16-3-7-18(37)8-4-16/h1-14,31-32,34-41H/t31-,32+,34+,35-/m0/s1. The van der Waals surface area contributed by atoms with Crippen molar-refractivity contribution in [3.63, 3.8) is 0 Å². The summed E-state index contributed by atoms with van der Waals surface area (Å²) in [5.74, 6) is -2.41. The number of carbonyl (C=O) groups excluding carboxylic acids is 1. The van der Waals surface area contributed by atoms with Crippen molar-refractivity contribution in [2.24, 2.45) is 0 Å². The van der Waals surface area contributed by atoms with Gasteiger partial charge in [-0.3, -0.25) is 4.79 Å². The molecule has 0 radical (unpaired) electrons. The second kappa shape index (κ2) is 9.08. The average Bonchev–Trinajstić information content (AvgIpc) is 3.55. The van der Waals surface area contributed by atoms with Gasteiger partial charge in [-0.2, -0.15) is 0 Å². The van der Waals surface area contributed by atoms with E-state index in [9.17, 15) is 35.4 Å². The minimum absolute atomic E-state index is 0.0468. The summed E-state index contributed by atoms with van der Waals surface area (Å²) in [5.41, 5.74) is 3.26. The van der Waals surface area contributed by atoms with Gasteiger partial charge in [0, 0.05) is 34.9 Å². The Morgan fingerprint density at radius 2 is 0.977 bits per heavy atom. The Labute approximate surface area is 250 Å². The molecule has 0 aromatic heterocycles. The maximum atomic E-state index is 14.6. The van der Waals surface area contributed by atoms with Crippen molar-refractivity contribution < 1.29 is 44.9 Å². The maximum Gasteiger partial charge on any atom is 0.197 e.